The maximum atomic E-state index is 12.7. The van der Waals surface area contributed by atoms with Crippen molar-refractivity contribution in [3.8, 4) is 0 Å². The lowest BCUT2D eigenvalue weighted by Gasteiger charge is -2.29. The molecule has 0 unspecified atom stereocenters. The van der Waals surface area contributed by atoms with Gasteiger partial charge in [-0.2, -0.15) is 0 Å². The van der Waals surface area contributed by atoms with Gasteiger partial charge in [0.25, 0.3) is 0 Å². The number of hydrogen-bond acceptors (Lipinski definition) is 3. The summed E-state index contributed by atoms with van der Waals surface area (Å²) < 4.78 is 0. The molecule has 0 atom stereocenters. The van der Waals surface area contributed by atoms with Crippen LogP contribution in [-0.4, -0.2) is 65.6 Å². The highest BCUT2D eigenvalue weighted by molar-refractivity contribution is 6.17. The Bertz CT molecular complexity index is 927. The number of aliphatic carboxylic acids is 1. The minimum atomic E-state index is -1.06. The zero-order chi connectivity index (χ0) is 20.5. The third kappa shape index (κ3) is 3.89. The molecule has 0 fully saturated rings. The van der Waals surface area contributed by atoms with Gasteiger partial charge in [-0.25, -0.2) is 9.59 Å². The topological polar surface area (TPSA) is 88.7 Å². The van der Waals surface area contributed by atoms with Crippen LogP contribution >= 0.6 is 0 Å². The Morgan fingerprint density at radius 2 is 2.00 bits per heavy atom. The number of carbonyl (C=O) groups excluding carboxylic acids is 1. The molecular formula is C21H28N4O3. The van der Waals surface area contributed by atoms with Gasteiger partial charge < -0.3 is 20.3 Å². The number of rotatable bonds is 5. The molecule has 7 heteroatoms. The van der Waals surface area contributed by atoms with E-state index >= 15 is 0 Å². The van der Waals surface area contributed by atoms with Crippen LogP contribution in [0.25, 0.3) is 16.5 Å². The van der Waals surface area contributed by atoms with Crippen LogP contribution in [0.15, 0.2) is 30.5 Å². The second-order valence-electron chi connectivity index (χ2n) is 8.17. The number of fused-ring (bicyclic) bond motifs is 3. The van der Waals surface area contributed by atoms with E-state index in [1.807, 2.05) is 52.2 Å². The summed E-state index contributed by atoms with van der Waals surface area (Å²) in [5.41, 5.74) is 2.07. The molecule has 0 radical (unpaired) electrons. The normalized spacial score (nSPS) is 15.9. The van der Waals surface area contributed by atoms with Crippen molar-refractivity contribution in [2.45, 2.75) is 25.7 Å². The van der Waals surface area contributed by atoms with Crippen molar-refractivity contribution < 1.29 is 14.7 Å². The van der Waals surface area contributed by atoms with Crippen LogP contribution in [0.1, 0.15) is 31.5 Å². The number of carbonyl (C=O) groups is 2. The molecule has 0 bridgehead atoms. The summed E-state index contributed by atoms with van der Waals surface area (Å²) in [5, 5.41) is 13.7. The maximum absolute atomic E-state index is 12.7. The molecule has 2 heterocycles. The van der Waals surface area contributed by atoms with Gasteiger partial charge >= 0.3 is 12.0 Å². The Balaban J connectivity index is 1.95. The van der Waals surface area contributed by atoms with E-state index in [0.717, 1.165) is 29.4 Å². The van der Waals surface area contributed by atoms with Crippen molar-refractivity contribution in [3.63, 3.8) is 0 Å². The van der Waals surface area contributed by atoms with E-state index < -0.39 is 11.4 Å². The highest BCUT2D eigenvalue weighted by Crippen LogP contribution is 2.39. The molecule has 28 heavy (non-hydrogen) atoms. The molecule has 7 nitrogen and oxygen atoms in total. The van der Waals surface area contributed by atoms with Crippen LogP contribution in [0.5, 0.6) is 0 Å². The van der Waals surface area contributed by atoms with Crippen molar-refractivity contribution in [2.75, 3.05) is 33.7 Å². The molecule has 1 aliphatic heterocycles. The number of hydrogen-bond donors (Lipinski definition) is 3. The monoisotopic (exact) mass is 384 g/mol. The Morgan fingerprint density at radius 1 is 1.29 bits per heavy atom. The number of aromatic amines is 1. The Labute approximate surface area is 165 Å². The molecule has 3 N–H and O–H groups in total. The first-order chi connectivity index (χ1) is 13.2. The first kappa shape index (κ1) is 19.9. The molecule has 0 saturated carbocycles. The van der Waals surface area contributed by atoms with Gasteiger partial charge in [-0.1, -0.05) is 32.0 Å². The molecule has 1 aromatic carbocycles. The molecule has 1 aliphatic rings. The molecule has 2 aromatic rings. The molecule has 0 saturated heterocycles. The van der Waals surface area contributed by atoms with Crippen molar-refractivity contribution in [3.05, 3.63) is 41.7 Å². The lowest BCUT2D eigenvalue weighted by atomic mass is 9.82. The van der Waals surface area contributed by atoms with Crippen LogP contribution in [0, 0.1) is 0 Å². The number of urea groups is 1. The first-order valence-electron chi connectivity index (χ1n) is 9.46. The fourth-order valence-electron chi connectivity index (χ4n) is 3.80. The number of benzene rings is 1. The van der Waals surface area contributed by atoms with Gasteiger partial charge in [-0.05, 0) is 38.7 Å². The van der Waals surface area contributed by atoms with Gasteiger partial charge in [0, 0.05) is 35.6 Å². The van der Waals surface area contributed by atoms with E-state index in [-0.39, 0.29) is 11.6 Å². The molecule has 0 aliphatic carbocycles. The van der Waals surface area contributed by atoms with Crippen molar-refractivity contribution in [1.29, 1.82) is 0 Å². The molecular weight excluding hydrogens is 356 g/mol. The molecule has 2 amide bonds. The zero-order valence-corrected chi connectivity index (χ0v) is 16.9. The van der Waals surface area contributed by atoms with E-state index in [9.17, 15) is 14.7 Å². The van der Waals surface area contributed by atoms with Gasteiger partial charge in [-0.3, -0.25) is 4.90 Å². The van der Waals surface area contributed by atoms with Crippen LogP contribution in [0.2, 0.25) is 0 Å². The van der Waals surface area contributed by atoms with E-state index in [1.165, 1.54) is 11.1 Å². The van der Waals surface area contributed by atoms with Crippen LogP contribution in [-0.2, 0) is 10.2 Å². The minimum absolute atomic E-state index is 0.0974. The van der Waals surface area contributed by atoms with Crippen molar-refractivity contribution in [2.24, 2.45) is 0 Å². The van der Waals surface area contributed by atoms with Crippen LogP contribution in [0.4, 0.5) is 4.79 Å². The van der Waals surface area contributed by atoms with Gasteiger partial charge in [-0.15, -0.1) is 0 Å². The van der Waals surface area contributed by atoms with E-state index in [4.69, 9.17) is 0 Å². The summed E-state index contributed by atoms with van der Waals surface area (Å²) in [5.74, 6) is -1.06. The van der Waals surface area contributed by atoms with Gasteiger partial charge in [0.05, 0.1) is 11.3 Å². The summed E-state index contributed by atoms with van der Waals surface area (Å²) in [4.78, 5) is 31.5. The van der Waals surface area contributed by atoms with Crippen molar-refractivity contribution >= 4 is 28.5 Å². The Kier molecular flexibility index (Phi) is 5.47. The maximum Gasteiger partial charge on any atom is 0.339 e. The fourth-order valence-corrected chi connectivity index (χ4v) is 3.80. The summed E-state index contributed by atoms with van der Waals surface area (Å²) in [6, 6.07) is 7.51. The lowest BCUT2D eigenvalue weighted by Crippen LogP contribution is -2.43. The molecule has 0 spiro atoms. The summed E-state index contributed by atoms with van der Waals surface area (Å²) in [7, 11) is 3.97. The third-order valence-electron chi connectivity index (χ3n) is 5.05. The van der Waals surface area contributed by atoms with Crippen LogP contribution < -0.4 is 5.32 Å². The number of carboxylic acids is 1. The van der Waals surface area contributed by atoms with E-state index in [1.54, 1.807) is 0 Å². The number of nitrogens with zero attached hydrogens (tertiary/aromatic N) is 2. The number of H-pyrrole nitrogens is 1. The average molecular weight is 384 g/mol. The standard InChI is InChI=1S/C21H28N4O3/c1-21(2)13-25(20(28)22-10-7-11-24(3)4)12-15(19(26)27)18-17(21)14-8-5-6-9-16(14)23-18/h5-6,8-9,12,23H,7,10-11,13H2,1-4H3,(H,22,28)(H,26,27). The quantitative estimate of drug-likeness (QED) is 0.692. The third-order valence-corrected chi connectivity index (χ3v) is 5.05. The van der Waals surface area contributed by atoms with Crippen molar-refractivity contribution in [1.82, 2.24) is 20.1 Å². The number of nitrogens with one attached hydrogen (secondary N) is 2. The summed E-state index contributed by atoms with van der Waals surface area (Å²) >= 11 is 0. The van der Waals surface area contributed by atoms with Gasteiger partial charge in [0.15, 0.2) is 0 Å². The summed E-state index contributed by atoms with van der Waals surface area (Å²) in [6.45, 7) is 5.88. The Morgan fingerprint density at radius 3 is 2.68 bits per heavy atom. The predicted octanol–water partition coefficient (Wildman–Crippen LogP) is 2.85. The minimum Gasteiger partial charge on any atom is -0.478 e. The zero-order valence-electron chi connectivity index (χ0n) is 16.9. The highest BCUT2D eigenvalue weighted by atomic mass is 16.4. The number of para-hydroxylation sites is 1. The average Bonchev–Trinajstić information content (AvgIpc) is 2.96. The predicted molar refractivity (Wildman–Crippen MR) is 110 cm³/mol. The number of carboxylic acid groups (broad SMARTS) is 1. The van der Waals surface area contributed by atoms with Gasteiger partial charge in [0.2, 0.25) is 0 Å². The van der Waals surface area contributed by atoms with E-state index in [0.29, 0.717) is 18.8 Å². The smallest absolute Gasteiger partial charge is 0.339 e. The second-order valence-corrected chi connectivity index (χ2v) is 8.17. The molecule has 150 valence electrons. The lowest BCUT2D eigenvalue weighted by molar-refractivity contribution is -0.130. The highest BCUT2D eigenvalue weighted by Gasteiger charge is 2.36. The summed E-state index contributed by atoms with van der Waals surface area (Å²) in [6.07, 6.45) is 2.28. The van der Waals surface area contributed by atoms with E-state index in [2.05, 4.69) is 15.2 Å². The largest absolute Gasteiger partial charge is 0.478 e. The SMILES string of the molecule is CN(C)CCCNC(=O)N1C=C(C(=O)O)c2[nH]c3ccccc3c2C(C)(C)C1. The Hall–Kier alpha value is -2.80. The fraction of sp³-hybridized carbons (Fsp3) is 0.429. The molecule has 1 aromatic heterocycles. The second kappa shape index (κ2) is 7.67. The van der Waals surface area contributed by atoms with Crippen LogP contribution in [0.3, 0.4) is 0 Å². The van der Waals surface area contributed by atoms with Gasteiger partial charge in [0.1, 0.15) is 0 Å². The number of amides is 2. The number of aromatic nitrogens is 1. The molecule has 3 rings (SSSR count). The first-order valence-corrected chi connectivity index (χ1v) is 9.46.